The number of methoxy groups -OCH3 is 1. The Kier molecular flexibility index (Phi) is 6.34. The zero-order valence-electron chi connectivity index (χ0n) is 17.8. The number of rotatable bonds is 7. The maximum absolute atomic E-state index is 12.8. The molecule has 0 saturated heterocycles. The third kappa shape index (κ3) is 4.59. The molecule has 2 heterocycles. The number of carbonyl (C=O) groups is 2. The lowest BCUT2D eigenvalue weighted by Gasteiger charge is -2.14. The Labute approximate surface area is 175 Å². The van der Waals surface area contributed by atoms with Crippen molar-refractivity contribution >= 4 is 22.9 Å². The molecule has 0 radical (unpaired) electrons. The average molecular weight is 410 g/mol. The maximum atomic E-state index is 12.8. The number of ether oxygens (including phenoxy) is 2. The highest BCUT2D eigenvalue weighted by atomic mass is 16.5. The third-order valence-electron chi connectivity index (χ3n) is 4.68. The van der Waals surface area contributed by atoms with Crippen LogP contribution < -0.4 is 10.1 Å². The minimum atomic E-state index is -0.945. The number of benzene rings is 1. The molecule has 0 bridgehead atoms. The molecule has 1 amide bonds. The summed E-state index contributed by atoms with van der Waals surface area (Å²) in [5.41, 5.74) is 2.55. The second-order valence-corrected chi connectivity index (χ2v) is 7.34. The molecule has 0 fully saturated rings. The zero-order valence-corrected chi connectivity index (χ0v) is 17.8. The quantitative estimate of drug-likeness (QED) is 0.601. The molecule has 0 aliphatic carbocycles. The highest BCUT2D eigenvalue weighted by molar-refractivity contribution is 6.03. The van der Waals surface area contributed by atoms with Crippen LogP contribution in [-0.2, 0) is 16.1 Å². The molecule has 8 heteroatoms. The van der Waals surface area contributed by atoms with Gasteiger partial charge in [0, 0.05) is 18.3 Å². The molecule has 8 nitrogen and oxygen atoms in total. The first kappa shape index (κ1) is 21.3. The first-order valence-corrected chi connectivity index (χ1v) is 9.76. The Morgan fingerprint density at radius 3 is 2.50 bits per heavy atom. The van der Waals surface area contributed by atoms with Crippen molar-refractivity contribution in [1.82, 2.24) is 20.1 Å². The van der Waals surface area contributed by atoms with Gasteiger partial charge in [0.15, 0.2) is 11.8 Å². The third-order valence-corrected chi connectivity index (χ3v) is 4.68. The first-order valence-electron chi connectivity index (χ1n) is 9.76. The molecule has 1 aromatic carbocycles. The van der Waals surface area contributed by atoms with Crippen LogP contribution in [0.4, 0.5) is 0 Å². The Balaban J connectivity index is 1.68. The summed E-state index contributed by atoms with van der Waals surface area (Å²) in [4.78, 5) is 29.7. The largest absolute Gasteiger partial charge is 0.497 e. The van der Waals surface area contributed by atoms with Crippen molar-refractivity contribution in [3.8, 4) is 5.75 Å². The van der Waals surface area contributed by atoms with Gasteiger partial charge in [0.25, 0.3) is 5.91 Å². The van der Waals surface area contributed by atoms with Crippen LogP contribution >= 0.6 is 0 Å². The molecule has 0 aliphatic rings. The highest BCUT2D eigenvalue weighted by Crippen LogP contribution is 2.22. The summed E-state index contributed by atoms with van der Waals surface area (Å²) in [5, 5.41) is 7.70. The molecule has 3 aromatic rings. The number of pyridine rings is 1. The number of fused-ring (bicyclic) bond motifs is 1. The number of esters is 1. The number of carbonyl (C=O) groups excluding carboxylic acids is 2. The zero-order chi connectivity index (χ0) is 21.8. The summed E-state index contributed by atoms with van der Waals surface area (Å²) in [7, 11) is 1.60. The molecule has 30 heavy (non-hydrogen) atoms. The molecule has 3 rings (SSSR count). The molecule has 1 atom stereocenters. The van der Waals surface area contributed by atoms with Crippen LogP contribution in [0.25, 0.3) is 11.0 Å². The van der Waals surface area contributed by atoms with E-state index in [1.54, 1.807) is 37.9 Å². The van der Waals surface area contributed by atoms with Crippen LogP contribution in [0.3, 0.4) is 0 Å². The van der Waals surface area contributed by atoms with E-state index in [4.69, 9.17) is 9.47 Å². The van der Waals surface area contributed by atoms with Gasteiger partial charge < -0.3 is 14.8 Å². The number of aryl methyl sites for hydroxylation is 1. The molecule has 0 aliphatic heterocycles. The van der Waals surface area contributed by atoms with Crippen LogP contribution in [0.5, 0.6) is 5.75 Å². The van der Waals surface area contributed by atoms with Gasteiger partial charge in [-0.3, -0.25) is 4.79 Å². The summed E-state index contributed by atoms with van der Waals surface area (Å²) in [6.07, 6.45) is 0.659. The highest BCUT2D eigenvalue weighted by Gasteiger charge is 2.22. The molecule has 1 N–H and O–H groups in total. The maximum Gasteiger partial charge on any atom is 0.339 e. The number of nitrogens with zero attached hydrogens (tertiary/aromatic N) is 3. The fourth-order valence-corrected chi connectivity index (χ4v) is 3.04. The van der Waals surface area contributed by atoms with Crippen molar-refractivity contribution in [1.29, 1.82) is 0 Å². The summed E-state index contributed by atoms with van der Waals surface area (Å²) in [5.74, 6) is -0.216. The first-order chi connectivity index (χ1) is 14.3. The van der Waals surface area contributed by atoms with Crippen LogP contribution in [0, 0.1) is 6.92 Å². The van der Waals surface area contributed by atoms with Crippen LogP contribution in [0.2, 0.25) is 0 Å². The van der Waals surface area contributed by atoms with Crippen molar-refractivity contribution in [2.75, 3.05) is 7.11 Å². The number of aromatic nitrogens is 3. The van der Waals surface area contributed by atoms with Gasteiger partial charge >= 0.3 is 5.97 Å². The molecule has 2 aromatic heterocycles. The van der Waals surface area contributed by atoms with E-state index in [2.05, 4.69) is 15.4 Å². The Hall–Kier alpha value is -3.42. The predicted molar refractivity (Wildman–Crippen MR) is 112 cm³/mol. The van der Waals surface area contributed by atoms with E-state index in [0.29, 0.717) is 28.8 Å². The standard InChI is InChI=1S/C22H26N4O4/c1-13(2)26-20-19(12-24-26)18(10-14(3)25-20)22(28)30-15(4)21(27)23-11-16-6-8-17(29-5)9-7-16/h6-10,12-13,15H,11H2,1-5H3,(H,23,27). The second kappa shape index (κ2) is 8.94. The number of hydrogen-bond acceptors (Lipinski definition) is 6. The van der Waals surface area contributed by atoms with E-state index in [-0.39, 0.29) is 11.9 Å². The SMILES string of the molecule is COc1ccc(CNC(=O)C(C)OC(=O)c2cc(C)nc3c2cnn3C(C)C)cc1. The molecular weight excluding hydrogens is 384 g/mol. The summed E-state index contributed by atoms with van der Waals surface area (Å²) >= 11 is 0. The van der Waals surface area contributed by atoms with Crippen molar-refractivity contribution < 1.29 is 19.1 Å². The molecule has 1 unspecified atom stereocenters. The number of hydrogen-bond donors (Lipinski definition) is 1. The van der Waals surface area contributed by atoms with Crippen LogP contribution in [0.1, 0.15) is 48.4 Å². The van der Waals surface area contributed by atoms with Gasteiger partial charge in [-0.05, 0) is 51.5 Å². The Bertz CT molecular complexity index is 1060. The molecule has 0 saturated carbocycles. The van der Waals surface area contributed by atoms with E-state index in [1.807, 2.05) is 38.1 Å². The van der Waals surface area contributed by atoms with E-state index < -0.39 is 12.1 Å². The Morgan fingerprint density at radius 1 is 1.17 bits per heavy atom. The van der Waals surface area contributed by atoms with Gasteiger partial charge in [-0.25, -0.2) is 14.5 Å². The second-order valence-electron chi connectivity index (χ2n) is 7.34. The summed E-state index contributed by atoms with van der Waals surface area (Å²) in [6, 6.07) is 9.11. The van der Waals surface area contributed by atoms with Crippen LogP contribution in [0.15, 0.2) is 36.5 Å². The van der Waals surface area contributed by atoms with Gasteiger partial charge in [0.2, 0.25) is 0 Å². The minimum Gasteiger partial charge on any atom is -0.497 e. The van der Waals surface area contributed by atoms with Gasteiger partial charge in [0.1, 0.15) is 5.75 Å². The Morgan fingerprint density at radius 2 is 1.87 bits per heavy atom. The lowest BCUT2D eigenvalue weighted by atomic mass is 10.1. The van der Waals surface area contributed by atoms with Gasteiger partial charge in [-0.2, -0.15) is 5.10 Å². The monoisotopic (exact) mass is 410 g/mol. The molecular formula is C22H26N4O4. The fourth-order valence-electron chi connectivity index (χ4n) is 3.04. The van der Waals surface area contributed by atoms with E-state index in [9.17, 15) is 9.59 Å². The normalized spacial score (nSPS) is 12.1. The van der Waals surface area contributed by atoms with Gasteiger partial charge in [-0.1, -0.05) is 12.1 Å². The van der Waals surface area contributed by atoms with Crippen molar-refractivity contribution in [2.45, 2.75) is 46.4 Å². The van der Waals surface area contributed by atoms with Crippen molar-refractivity contribution in [3.63, 3.8) is 0 Å². The van der Waals surface area contributed by atoms with Crippen molar-refractivity contribution in [2.24, 2.45) is 0 Å². The van der Waals surface area contributed by atoms with Gasteiger partial charge in [0.05, 0.1) is 24.3 Å². The number of amides is 1. The lowest BCUT2D eigenvalue weighted by molar-refractivity contribution is -0.129. The molecule has 158 valence electrons. The predicted octanol–water partition coefficient (Wildman–Crippen LogP) is 3.19. The van der Waals surface area contributed by atoms with Gasteiger partial charge in [-0.15, -0.1) is 0 Å². The lowest BCUT2D eigenvalue weighted by Crippen LogP contribution is -2.35. The van der Waals surface area contributed by atoms with E-state index in [1.165, 1.54) is 0 Å². The topological polar surface area (TPSA) is 95.3 Å². The summed E-state index contributed by atoms with van der Waals surface area (Å²) in [6.45, 7) is 7.65. The summed E-state index contributed by atoms with van der Waals surface area (Å²) < 4.78 is 12.3. The number of nitrogens with one attached hydrogen (secondary N) is 1. The van der Waals surface area contributed by atoms with Crippen LogP contribution in [-0.4, -0.2) is 39.9 Å². The van der Waals surface area contributed by atoms with E-state index in [0.717, 1.165) is 11.3 Å². The minimum absolute atomic E-state index is 0.100. The molecule has 0 spiro atoms. The van der Waals surface area contributed by atoms with Crippen molar-refractivity contribution in [3.05, 3.63) is 53.3 Å². The van der Waals surface area contributed by atoms with E-state index >= 15 is 0 Å². The fraction of sp³-hybridized carbons (Fsp3) is 0.364. The average Bonchev–Trinajstić information content (AvgIpc) is 3.15. The smallest absolute Gasteiger partial charge is 0.339 e.